The van der Waals surface area contributed by atoms with Crippen LogP contribution in [0, 0.1) is 0 Å². The number of anilines is 1. The summed E-state index contributed by atoms with van der Waals surface area (Å²) in [4.78, 5) is 8.42. The largest absolute Gasteiger partial charge is 0.362 e. The Bertz CT molecular complexity index is 665. The van der Waals surface area contributed by atoms with Crippen LogP contribution in [0.2, 0.25) is 0 Å². The minimum absolute atomic E-state index is 0.568. The van der Waals surface area contributed by atoms with E-state index in [0.717, 1.165) is 26.9 Å². The summed E-state index contributed by atoms with van der Waals surface area (Å²) in [5, 5.41) is 12.1. The summed E-state index contributed by atoms with van der Waals surface area (Å²) in [6.07, 6.45) is 3.28. The fourth-order valence-corrected chi connectivity index (χ4v) is 2.29. The molecule has 0 spiro atoms. The highest BCUT2D eigenvalue weighted by Gasteiger charge is 2.04. The molecule has 0 radical (unpaired) electrons. The molecule has 2 N–H and O–H groups in total. The lowest BCUT2D eigenvalue weighted by molar-refractivity contribution is 0.949. The van der Waals surface area contributed by atoms with E-state index in [1.807, 2.05) is 24.3 Å². The van der Waals surface area contributed by atoms with Crippen LogP contribution in [0.3, 0.4) is 0 Å². The highest BCUT2D eigenvalue weighted by molar-refractivity contribution is 9.10. The number of nitrogens with zero attached hydrogens (tertiary/aromatic N) is 3. The highest BCUT2D eigenvalue weighted by atomic mass is 79.9. The first-order chi connectivity index (χ1) is 8.84. The first-order valence-corrected chi connectivity index (χ1v) is 6.25. The van der Waals surface area contributed by atoms with Crippen LogP contribution in [-0.4, -0.2) is 20.2 Å². The number of pyridine rings is 1. The van der Waals surface area contributed by atoms with Gasteiger partial charge in [0.2, 0.25) is 0 Å². The minimum Gasteiger partial charge on any atom is -0.362 e. The summed E-state index contributed by atoms with van der Waals surface area (Å²) in [5.74, 6) is 1.62. The standard InChI is InChI=1S/C12H10BrN5/c13-10-3-1-2-9-8(10)4-5-14-12(9)15-6-11-16-7-17-18-11/h1-5,7H,6H2,(H,14,15)(H,16,17,18). The zero-order valence-electron chi connectivity index (χ0n) is 9.39. The molecule has 2 aromatic heterocycles. The monoisotopic (exact) mass is 303 g/mol. The number of rotatable bonds is 3. The van der Waals surface area contributed by atoms with E-state index < -0.39 is 0 Å². The van der Waals surface area contributed by atoms with Crippen molar-refractivity contribution in [3.63, 3.8) is 0 Å². The Labute approximate surface area is 112 Å². The number of aromatic nitrogens is 4. The Balaban J connectivity index is 1.94. The van der Waals surface area contributed by atoms with E-state index in [1.165, 1.54) is 6.33 Å². The molecule has 0 saturated carbocycles. The van der Waals surface area contributed by atoms with E-state index in [1.54, 1.807) is 6.20 Å². The Morgan fingerprint density at radius 3 is 2.94 bits per heavy atom. The van der Waals surface area contributed by atoms with Gasteiger partial charge in [-0.05, 0) is 12.1 Å². The van der Waals surface area contributed by atoms with E-state index in [9.17, 15) is 0 Å². The molecule has 3 aromatic rings. The molecule has 2 heterocycles. The van der Waals surface area contributed by atoms with E-state index in [2.05, 4.69) is 41.4 Å². The first kappa shape index (κ1) is 11.2. The molecule has 0 aliphatic rings. The van der Waals surface area contributed by atoms with Gasteiger partial charge in [0.15, 0.2) is 0 Å². The molecular formula is C12H10BrN5. The molecule has 90 valence electrons. The van der Waals surface area contributed by atoms with Crippen molar-refractivity contribution in [1.82, 2.24) is 20.2 Å². The number of hydrogen-bond donors (Lipinski definition) is 2. The lowest BCUT2D eigenvalue weighted by atomic mass is 10.1. The second-order valence-electron chi connectivity index (χ2n) is 3.78. The van der Waals surface area contributed by atoms with Crippen molar-refractivity contribution in [3.8, 4) is 0 Å². The molecule has 18 heavy (non-hydrogen) atoms. The molecule has 0 amide bonds. The number of hydrogen-bond acceptors (Lipinski definition) is 4. The molecule has 0 bridgehead atoms. The summed E-state index contributed by atoms with van der Waals surface area (Å²) >= 11 is 3.54. The summed E-state index contributed by atoms with van der Waals surface area (Å²) < 4.78 is 1.06. The van der Waals surface area contributed by atoms with Gasteiger partial charge in [-0.2, -0.15) is 5.10 Å². The quantitative estimate of drug-likeness (QED) is 0.781. The van der Waals surface area contributed by atoms with Gasteiger partial charge in [-0.3, -0.25) is 5.10 Å². The van der Waals surface area contributed by atoms with Crippen LogP contribution in [0.5, 0.6) is 0 Å². The van der Waals surface area contributed by atoms with Crippen LogP contribution >= 0.6 is 15.9 Å². The van der Waals surface area contributed by atoms with Gasteiger partial charge in [0.05, 0.1) is 6.54 Å². The molecule has 0 aliphatic carbocycles. The zero-order valence-corrected chi connectivity index (χ0v) is 11.0. The smallest absolute Gasteiger partial charge is 0.143 e. The van der Waals surface area contributed by atoms with Crippen LogP contribution in [0.15, 0.2) is 41.3 Å². The Hall–Kier alpha value is -1.95. The maximum absolute atomic E-state index is 4.35. The third kappa shape index (κ3) is 2.06. The normalized spacial score (nSPS) is 10.7. The van der Waals surface area contributed by atoms with Crippen LogP contribution in [0.1, 0.15) is 5.82 Å². The lowest BCUT2D eigenvalue weighted by Gasteiger charge is -2.08. The molecule has 0 fully saturated rings. The van der Waals surface area contributed by atoms with Gasteiger partial charge in [0, 0.05) is 21.4 Å². The summed E-state index contributed by atoms with van der Waals surface area (Å²) in [5.41, 5.74) is 0. The molecule has 0 saturated heterocycles. The van der Waals surface area contributed by atoms with E-state index in [4.69, 9.17) is 0 Å². The molecular weight excluding hydrogens is 294 g/mol. The molecule has 1 aromatic carbocycles. The number of nitrogens with one attached hydrogen (secondary N) is 2. The second-order valence-corrected chi connectivity index (χ2v) is 4.63. The summed E-state index contributed by atoms with van der Waals surface area (Å²) in [7, 11) is 0. The van der Waals surface area contributed by atoms with Gasteiger partial charge in [0.25, 0.3) is 0 Å². The number of aromatic amines is 1. The van der Waals surface area contributed by atoms with Crippen molar-refractivity contribution < 1.29 is 0 Å². The third-order valence-electron chi connectivity index (χ3n) is 2.64. The van der Waals surface area contributed by atoms with Crippen LogP contribution in [-0.2, 0) is 6.54 Å². The minimum atomic E-state index is 0.568. The van der Waals surface area contributed by atoms with Crippen LogP contribution < -0.4 is 5.32 Å². The van der Waals surface area contributed by atoms with Crippen molar-refractivity contribution in [1.29, 1.82) is 0 Å². The maximum atomic E-state index is 4.35. The van der Waals surface area contributed by atoms with E-state index in [0.29, 0.717) is 6.54 Å². The molecule has 0 atom stereocenters. The predicted molar refractivity (Wildman–Crippen MR) is 73.2 cm³/mol. The SMILES string of the molecule is Brc1cccc2c(NCc3ncn[nH]3)nccc12. The fraction of sp³-hybridized carbons (Fsp3) is 0.0833. The number of fused-ring (bicyclic) bond motifs is 1. The third-order valence-corrected chi connectivity index (χ3v) is 3.33. The predicted octanol–water partition coefficient (Wildman–Crippen LogP) is 2.73. The van der Waals surface area contributed by atoms with Gasteiger partial charge in [-0.15, -0.1) is 0 Å². The highest BCUT2D eigenvalue weighted by Crippen LogP contribution is 2.27. The van der Waals surface area contributed by atoms with Gasteiger partial charge < -0.3 is 5.32 Å². The maximum Gasteiger partial charge on any atom is 0.143 e. The van der Waals surface area contributed by atoms with Crippen molar-refractivity contribution in [3.05, 3.63) is 47.1 Å². The summed E-state index contributed by atoms with van der Waals surface area (Å²) in [6, 6.07) is 8.03. The average Bonchev–Trinajstić information content (AvgIpc) is 2.90. The van der Waals surface area contributed by atoms with Crippen molar-refractivity contribution in [2.45, 2.75) is 6.54 Å². The van der Waals surface area contributed by atoms with Crippen molar-refractivity contribution in [2.75, 3.05) is 5.32 Å². The van der Waals surface area contributed by atoms with Gasteiger partial charge in [0.1, 0.15) is 18.0 Å². The van der Waals surface area contributed by atoms with Crippen LogP contribution in [0.4, 0.5) is 5.82 Å². The van der Waals surface area contributed by atoms with Crippen molar-refractivity contribution >= 4 is 32.5 Å². The second kappa shape index (κ2) is 4.73. The Morgan fingerprint density at radius 1 is 1.17 bits per heavy atom. The molecule has 3 rings (SSSR count). The van der Waals surface area contributed by atoms with Gasteiger partial charge in [-0.1, -0.05) is 28.1 Å². The topological polar surface area (TPSA) is 66.5 Å². The Morgan fingerprint density at radius 2 is 2.11 bits per heavy atom. The number of halogens is 1. The number of H-pyrrole nitrogens is 1. The molecule has 0 unspecified atom stereocenters. The average molecular weight is 304 g/mol. The van der Waals surface area contributed by atoms with E-state index in [-0.39, 0.29) is 0 Å². The lowest BCUT2D eigenvalue weighted by Crippen LogP contribution is -2.03. The number of benzene rings is 1. The first-order valence-electron chi connectivity index (χ1n) is 5.46. The molecule has 6 heteroatoms. The molecule has 5 nitrogen and oxygen atoms in total. The van der Waals surface area contributed by atoms with Gasteiger partial charge >= 0.3 is 0 Å². The van der Waals surface area contributed by atoms with Gasteiger partial charge in [-0.25, -0.2) is 9.97 Å². The summed E-state index contributed by atoms with van der Waals surface area (Å²) in [6.45, 7) is 0.568. The van der Waals surface area contributed by atoms with Crippen LogP contribution in [0.25, 0.3) is 10.8 Å². The fourth-order valence-electron chi connectivity index (χ4n) is 1.79. The zero-order chi connectivity index (χ0) is 12.4. The Kier molecular flexibility index (Phi) is 2.93. The van der Waals surface area contributed by atoms with E-state index >= 15 is 0 Å². The molecule has 0 aliphatic heterocycles. The van der Waals surface area contributed by atoms with Crippen molar-refractivity contribution in [2.24, 2.45) is 0 Å².